The predicted molar refractivity (Wildman–Crippen MR) is 97.7 cm³/mol. The Bertz CT molecular complexity index is 738. The molecule has 11 heteroatoms. The number of nitrogens with one attached hydrogen (secondary N) is 2. The number of halogens is 6. The van der Waals surface area contributed by atoms with Crippen molar-refractivity contribution >= 4 is 17.6 Å². The fourth-order valence-corrected chi connectivity index (χ4v) is 3.11. The average Bonchev–Trinajstić information content (AvgIpc) is 2.65. The Morgan fingerprint density at radius 2 is 1.53 bits per heavy atom. The molecule has 1 unspecified atom stereocenters. The van der Waals surface area contributed by atoms with Crippen LogP contribution in [-0.2, 0) is 17.1 Å². The van der Waals surface area contributed by atoms with E-state index in [4.69, 9.17) is 0 Å². The van der Waals surface area contributed by atoms with Gasteiger partial charge in [-0.05, 0) is 37.5 Å². The zero-order chi connectivity index (χ0) is 22.7. The van der Waals surface area contributed by atoms with E-state index in [9.17, 15) is 35.9 Å². The van der Waals surface area contributed by atoms with Crippen molar-refractivity contribution in [3.63, 3.8) is 0 Å². The molecule has 1 aromatic rings. The van der Waals surface area contributed by atoms with Crippen LogP contribution in [0.1, 0.15) is 44.2 Å². The van der Waals surface area contributed by atoms with Crippen LogP contribution in [-0.4, -0.2) is 36.0 Å². The molecule has 0 aliphatic carbocycles. The number of piperidine rings is 1. The van der Waals surface area contributed by atoms with Crippen LogP contribution < -0.4 is 10.6 Å². The van der Waals surface area contributed by atoms with Gasteiger partial charge in [0.05, 0.1) is 11.1 Å². The zero-order valence-electron chi connectivity index (χ0n) is 16.5. The van der Waals surface area contributed by atoms with E-state index in [1.54, 1.807) is 4.90 Å². The summed E-state index contributed by atoms with van der Waals surface area (Å²) in [5.74, 6) is -0.0920. The minimum absolute atomic E-state index is 0.00683. The van der Waals surface area contributed by atoms with Crippen molar-refractivity contribution in [1.29, 1.82) is 0 Å². The molecule has 5 nitrogen and oxygen atoms in total. The molecule has 30 heavy (non-hydrogen) atoms. The summed E-state index contributed by atoms with van der Waals surface area (Å²) in [6.45, 7) is 4.55. The summed E-state index contributed by atoms with van der Waals surface area (Å²) < 4.78 is 77.4. The van der Waals surface area contributed by atoms with Gasteiger partial charge >= 0.3 is 18.4 Å². The van der Waals surface area contributed by atoms with Gasteiger partial charge in [0.1, 0.15) is 0 Å². The molecular formula is C19H23F6N3O2. The van der Waals surface area contributed by atoms with Gasteiger partial charge in [0.15, 0.2) is 0 Å². The highest BCUT2D eigenvalue weighted by molar-refractivity contribution is 5.89. The first-order valence-corrected chi connectivity index (χ1v) is 9.47. The molecule has 2 rings (SSSR count). The van der Waals surface area contributed by atoms with Crippen LogP contribution in [0.15, 0.2) is 18.2 Å². The van der Waals surface area contributed by atoms with E-state index in [1.165, 1.54) is 0 Å². The average molecular weight is 439 g/mol. The molecule has 0 bridgehead atoms. The number of anilines is 1. The highest BCUT2D eigenvalue weighted by Gasteiger charge is 2.37. The Morgan fingerprint density at radius 3 is 1.97 bits per heavy atom. The lowest BCUT2D eigenvalue weighted by Gasteiger charge is -2.33. The van der Waals surface area contributed by atoms with Gasteiger partial charge < -0.3 is 15.5 Å². The van der Waals surface area contributed by atoms with Gasteiger partial charge in [0.2, 0.25) is 5.91 Å². The first-order chi connectivity index (χ1) is 13.8. The molecule has 3 amide bonds. The summed E-state index contributed by atoms with van der Waals surface area (Å²) in [4.78, 5) is 26.0. The lowest BCUT2D eigenvalue weighted by atomic mass is 10.0. The van der Waals surface area contributed by atoms with Gasteiger partial charge in [-0.3, -0.25) is 4.79 Å². The first-order valence-electron chi connectivity index (χ1n) is 9.47. The van der Waals surface area contributed by atoms with Crippen molar-refractivity contribution < 1.29 is 35.9 Å². The summed E-state index contributed by atoms with van der Waals surface area (Å²) in [7, 11) is 0. The Hall–Kier alpha value is -2.46. The number of hydrogen-bond donors (Lipinski definition) is 2. The summed E-state index contributed by atoms with van der Waals surface area (Å²) in [6, 6.07) is -0.370. The van der Waals surface area contributed by atoms with E-state index < -0.39 is 35.2 Å². The second kappa shape index (κ2) is 9.13. The van der Waals surface area contributed by atoms with E-state index >= 15 is 0 Å². The van der Waals surface area contributed by atoms with E-state index in [2.05, 4.69) is 5.32 Å². The molecule has 1 saturated heterocycles. The lowest BCUT2D eigenvalue weighted by Crippen LogP contribution is -2.48. The zero-order valence-corrected chi connectivity index (χ0v) is 16.5. The summed E-state index contributed by atoms with van der Waals surface area (Å²) in [6.07, 6.45) is -8.42. The molecule has 1 atom stereocenters. The van der Waals surface area contributed by atoms with Crippen LogP contribution in [0.2, 0.25) is 0 Å². The van der Waals surface area contributed by atoms with E-state index in [0.717, 1.165) is 0 Å². The number of benzene rings is 1. The third-order valence-corrected chi connectivity index (χ3v) is 5.02. The number of urea groups is 1. The van der Waals surface area contributed by atoms with E-state index in [0.29, 0.717) is 44.5 Å². The molecule has 0 aromatic heterocycles. The smallest absolute Gasteiger partial charge is 0.342 e. The number of amides is 3. The van der Waals surface area contributed by atoms with Gasteiger partial charge in [-0.15, -0.1) is 0 Å². The molecule has 1 fully saturated rings. The molecule has 168 valence electrons. The highest BCUT2D eigenvalue weighted by Crippen LogP contribution is 2.37. The third kappa shape index (κ3) is 6.27. The third-order valence-electron chi connectivity index (χ3n) is 5.02. The fraction of sp³-hybridized carbons (Fsp3) is 0.579. The molecule has 1 aliphatic rings. The number of likely N-dealkylation sites (tertiary alicyclic amines) is 1. The number of alkyl halides is 6. The number of carbonyl (C=O) groups is 2. The Labute approximate surface area is 169 Å². The van der Waals surface area contributed by atoms with Crippen LogP contribution in [0, 0.1) is 5.92 Å². The van der Waals surface area contributed by atoms with Crippen molar-refractivity contribution in [2.24, 2.45) is 5.92 Å². The molecule has 1 heterocycles. The normalized spacial score (nSPS) is 16.9. The van der Waals surface area contributed by atoms with Crippen molar-refractivity contribution in [1.82, 2.24) is 10.2 Å². The van der Waals surface area contributed by atoms with Crippen molar-refractivity contribution in [2.75, 3.05) is 18.4 Å². The van der Waals surface area contributed by atoms with Crippen LogP contribution in [0.25, 0.3) is 0 Å². The molecule has 0 radical (unpaired) electrons. The number of carbonyl (C=O) groups excluding carboxylic acids is 2. The maximum atomic E-state index is 12.9. The number of hydrogen-bond acceptors (Lipinski definition) is 2. The molecule has 1 aliphatic heterocycles. The maximum absolute atomic E-state index is 12.9. The Morgan fingerprint density at radius 1 is 1.03 bits per heavy atom. The Balaban J connectivity index is 2.01. The van der Waals surface area contributed by atoms with Gasteiger partial charge in [-0.2, -0.15) is 26.3 Å². The molecule has 0 saturated carbocycles. The second-order valence-corrected chi connectivity index (χ2v) is 7.30. The fourth-order valence-electron chi connectivity index (χ4n) is 3.11. The summed E-state index contributed by atoms with van der Waals surface area (Å²) in [5, 5.41) is 4.58. The molecule has 1 aromatic carbocycles. The molecule has 0 spiro atoms. The van der Waals surface area contributed by atoms with Crippen LogP contribution in [0.4, 0.5) is 36.8 Å². The monoisotopic (exact) mass is 439 g/mol. The lowest BCUT2D eigenvalue weighted by molar-refractivity contribution is -0.143. The SMILES string of the molecule is CCC(C)C(=O)N1CCC(NC(=O)Nc2cc(C(F)(F)F)cc(C(F)(F)F)c2)CC1. The van der Waals surface area contributed by atoms with Crippen LogP contribution in [0.3, 0.4) is 0 Å². The minimum Gasteiger partial charge on any atom is -0.342 e. The minimum atomic E-state index is -5.00. The van der Waals surface area contributed by atoms with Crippen molar-refractivity contribution in [3.05, 3.63) is 29.3 Å². The summed E-state index contributed by atoms with van der Waals surface area (Å²) in [5.41, 5.74) is -3.63. The maximum Gasteiger partial charge on any atom is 0.416 e. The Kier molecular flexibility index (Phi) is 7.25. The van der Waals surface area contributed by atoms with Crippen LogP contribution >= 0.6 is 0 Å². The topological polar surface area (TPSA) is 61.4 Å². The highest BCUT2D eigenvalue weighted by atomic mass is 19.4. The number of rotatable bonds is 4. The molecule has 2 N–H and O–H groups in total. The molecular weight excluding hydrogens is 416 g/mol. The summed E-state index contributed by atoms with van der Waals surface area (Å²) >= 11 is 0. The second-order valence-electron chi connectivity index (χ2n) is 7.30. The first kappa shape index (κ1) is 23.8. The predicted octanol–water partition coefficient (Wildman–Crippen LogP) is 4.88. The number of nitrogens with zero attached hydrogens (tertiary/aromatic N) is 1. The van der Waals surface area contributed by atoms with Crippen LogP contribution in [0.5, 0.6) is 0 Å². The van der Waals surface area contributed by atoms with Gasteiger partial charge in [0, 0.05) is 30.7 Å². The van der Waals surface area contributed by atoms with Gasteiger partial charge in [-0.25, -0.2) is 4.79 Å². The van der Waals surface area contributed by atoms with E-state index in [-0.39, 0.29) is 23.9 Å². The largest absolute Gasteiger partial charge is 0.416 e. The van der Waals surface area contributed by atoms with Crippen molar-refractivity contribution in [2.45, 2.75) is 51.5 Å². The quantitative estimate of drug-likeness (QED) is 0.657. The van der Waals surface area contributed by atoms with Gasteiger partial charge in [-0.1, -0.05) is 13.8 Å². The van der Waals surface area contributed by atoms with Gasteiger partial charge in [0.25, 0.3) is 0 Å². The van der Waals surface area contributed by atoms with Crippen molar-refractivity contribution in [3.8, 4) is 0 Å². The van der Waals surface area contributed by atoms with E-state index in [1.807, 2.05) is 19.2 Å². The standard InChI is InChI=1S/C19H23F6N3O2/c1-3-11(2)16(29)28-6-4-14(5-7-28)26-17(30)27-15-9-12(18(20,21)22)8-13(10-15)19(23,24)25/h8-11,14H,3-7H2,1-2H3,(H2,26,27,30).